The van der Waals surface area contributed by atoms with Gasteiger partial charge in [0, 0.05) is 24.8 Å². The molecule has 0 spiro atoms. The maximum atomic E-state index is 9.46. The normalized spacial score (nSPS) is 15.4. The van der Waals surface area contributed by atoms with E-state index in [-0.39, 0.29) is 11.9 Å². The highest BCUT2D eigenvalue weighted by atomic mass is 16.5. The summed E-state index contributed by atoms with van der Waals surface area (Å²) in [7, 11) is 4.79. The lowest BCUT2D eigenvalue weighted by Crippen LogP contribution is -2.16. The van der Waals surface area contributed by atoms with Crippen molar-refractivity contribution in [1.29, 1.82) is 5.26 Å². The Hall–Kier alpha value is -2.98. The van der Waals surface area contributed by atoms with E-state index in [9.17, 15) is 5.26 Å². The van der Waals surface area contributed by atoms with Gasteiger partial charge in [-0.15, -0.1) is 0 Å². The van der Waals surface area contributed by atoms with Gasteiger partial charge >= 0.3 is 0 Å². The molecule has 0 saturated carbocycles. The SMILES string of the molecule is COc1cc(OC)c(OC)cc1CC1NCc2cnc(N)c(C#N)c21. The van der Waals surface area contributed by atoms with Gasteiger partial charge in [0.2, 0.25) is 0 Å². The molecule has 3 N–H and O–H groups in total. The largest absolute Gasteiger partial charge is 0.496 e. The standard InChI is InChI=1S/C18H20N4O3/c1-23-14-6-16(25-3)15(24-2)5-10(14)4-13-17-11(8-21-13)9-22-18(20)12(17)7-19/h5-6,9,13,21H,4,8H2,1-3H3,(H2,20,22). The molecule has 0 bridgehead atoms. The number of benzene rings is 1. The van der Waals surface area contributed by atoms with Gasteiger partial charge in [-0.25, -0.2) is 4.98 Å². The van der Waals surface area contributed by atoms with Gasteiger partial charge in [-0.3, -0.25) is 0 Å². The van der Waals surface area contributed by atoms with Gasteiger partial charge in [0.15, 0.2) is 11.5 Å². The molecule has 7 nitrogen and oxygen atoms in total. The first kappa shape index (κ1) is 16.9. The van der Waals surface area contributed by atoms with Crippen LogP contribution in [-0.2, 0) is 13.0 Å². The predicted molar refractivity (Wildman–Crippen MR) is 92.7 cm³/mol. The average Bonchev–Trinajstić information content (AvgIpc) is 3.04. The fourth-order valence-electron chi connectivity index (χ4n) is 3.22. The van der Waals surface area contributed by atoms with Crippen LogP contribution >= 0.6 is 0 Å². The molecular weight excluding hydrogens is 320 g/mol. The molecule has 0 aliphatic carbocycles. The van der Waals surface area contributed by atoms with Crippen LogP contribution in [0, 0.1) is 11.3 Å². The van der Waals surface area contributed by atoms with E-state index in [0.717, 1.165) is 16.7 Å². The number of anilines is 1. The lowest BCUT2D eigenvalue weighted by molar-refractivity contribution is 0.347. The zero-order valence-electron chi connectivity index (χ0n) is 14.4. The Kier molecular flexibility index (Phi) is 4.63. The maximum Gasteiger partial charge on any atom is 0.164 e. The second-order valence-electron chi connectivity index (χ2n) is 5.73. The topological polar surface area (TPSA) is 102 Å². The Labute approximate surface area is 146 Å². The van der Waals surface area contributed by atoms with Crippen LogP contribution in [0.1, 0.15) is 28.3 Å². The highest BCUT2D eigenvalue weighted by Crippen LogP contribution is 2.39. The molecular formula is C18H20N4O3. The van der Waals surface area contributed by atoms with Crippen molar-refractivity contribution in [3.8, 4) is 23.3 Å². The molecule has 0 fully saturated rings. The molecule has 0 radical (unpaired) electrons. The number of nitrogens with two attached hydrogens (primary N) is 1. The van der Waals surface area contributed by atoms with Gasteiger partial charge in [0.1, 0.15) is 17.6 Å². The molecule has 2 heterocycles. The number of aromatic nitrogens is 1. The first-order chi connectivity index (χ1) is 12.1. The highest BCUT2D eigenvalue weighted by Gasteiger charge is 2.28. The third kappa shape index (κ3) is 2.92. The minimum atomic E-state index is -0.0537. The van der Waals surface area contributed by atoms with Gasteiger partial charge < -0.3 is 25.3 Å². The summed E-state index contributed by atoms with van der Waals surface area (Å²) in [4.78, 5) is 4.10. The van der Waals surface area contributed by atoms with Crippen molar-refractivity contribution in [2.45, 2.75) is 19.0 Å². The number of ether oxygens (including phenoxy) is 3. The molecule has 25 heavy (non-hydrogen) atoms. The Balaban J connectivity index is 2.01. The molecule has 0 saturated heterocycles. The van der Waals surface area contributed by atoms with E-state index in [1.807, 2.05) is 6.07 Å². The van der Waals surface area contributed by atoms with Gasteiger partial charge in [0.05, 0.1) is 26.9 Å². The molecule has 3 rings (SSSR count). The molecule has 1 aromatic heterocycles. The zero-order chi connectivity index (χ0) is 18.0. The molecule has 1 unspecified atom stereocenters. The van der Waals surface area contributed by atoms with Gasteiger partial charge in [-0.05, 0) is 29.2 Å². The minimum Gasteiger partial charge on any atom is -0.496 e. The van der Waals surface area contributed by atoms with E-state index in [2.05, 4.69) is 16.4 Å². The summed E-state index contributed by atoms with van der Waals surface area (Å²) in [5.41, 5.74) is 9.17. The summed E-state index contributed by atoms with van der Waals surface area (Å²) in [6.45, 7) is 0.650. The number of nitriles is 1. The second kappa shape index (κ2) is 6.87. The number of fused-ring (bicyclic) bond motifs is 1. The number of rotatable bonds is 5. The van der Waals surface area contributed by atoms with Crippen LogP contribution in [0.4, 0.5) is 5.82 Å². The van der Waals surface area contributed by atoms with E-state index in [1.54, 1.807) is 33.6 Å². The fraction of sp³-hybridized carbons (Fsp3) is 0.333. The molecule has 0 amide bonds. The van der Waals surface area contributed by atoms with Crippen molar-refractivity contribution >= 4 is 5.82 Å². The van der Waals surface area contributed by atoms with Gasteiger partial charge in [0.25, 0.3) is 0 Å². The lowest BCUT2D eigenvalue weighted by atomic mass is 9.95. The molecule has 1 aliphatic heterocycles. The summed E-state index contributed by atoms with van der Waals surface area (Å²) in [6, 6.07) is 5.82. The van der Waals surface area contributed by atoms with Crippen LogP contribution < -0.4 is 25.3 Å². The lowest BCUT2D eigenvalue weighted by Gasteiger charge is -2.18. The van der Waals surface area contributed by atoms with Crippen molar-refractivity contribution < 1.29 is 14.2 Å². The van der Waals surface area contributed by atoms with Crippen LogP contribution in [0.2, 0.25) is 0 Å². The third-order valence-electron chi connectivity index (χ3n) is 4.44. The molecule has 2 aromatic rings. The minimum absolute atomic E-state index is 0.0537. The summed E-state index contributed by atoms with van der Waals surface area (Å²) in [5.74, 6) is 2.20. The van der Waals surface area contributed by atoms with Crippen LogP contribution in [0.5, 0.6) is 17.2 Å². The quantitative estimate of drug-likeness (QED) is 0.857. The summed E-state index contributed by atoms with van der Waals surface area (Å²) >= 11 is 0. The number of pyridine rings is 1. The van der Waals surface area contributed by atoms with Crippen molar-refractivity contribution in [2.75, 3.05) is 27.1 Å². The van der Waals surface area contributed by atoms with E-state index in [1.165, 1.54) is 0 Å². The van der Waals surface area contributed by atoms with Gasteiger partial charge in [-0.2, -0.15) is 5.26 Å². The molecule has 7 heteroatoms. The Bertz CT molecular complexity index is 845. The molecule has 1 aliphatic rings. The van der Waals surface area contributed by atoms with Crippen LogP contribution in [-0.4, -0.2) is 26.3 Å². The number of methoxy groups -OCH3 is 3. The number of nitrogens with one attached hydrogen (secondary N) is 1. The monoisotopic (exact) mass is 340 g/mol. The van der Waals surface area contributed by atoms with E-state index < -0.39 is 0 Å². The molecule has 130 valence electrons. The van der Waals surface area contributed by atoms with Crippen molar-refractivity contribution in [3.63, 3.8) is 0 Å². The van der Waals surface area contributed by atoms with E-state index >= 15 is 0 Å². The number of hydrogen-bond donors (Lipinski definition) is 2. The van der Waals surface area contributed by atoms with Crippen LogP contribution in [0.15, 0.2) is 18.3 Å². The van der Waals surface area contributed by atoms with Crippen LogP contribution in [0.3, 0.4) is 0 Å². The second-order valence-corrected chi connectivity index (χ2v) is 5.73. The highest BCUT2D eigenvalue weighted by molar-refractivity contribution is 5.58. The van der Waals surface area contributed by atoms with Crippen molar-refractivity contribution in [2.24, 2.45) is 0 Å². The number of nitrogens with zero attached hydrogens (tertiary/aromatic N) is 2. The summed E-state index contributed by atoms with van der Waals surface area (Å²) in [6.07, 6.45) is 2.35. The molecule has 1 aromatic carbocycles. The van der Waals surface area contributed by atoms with Crippen molar-refractivity contribution in [3.05, 3.63) is 40.6 Å². The van der Waals surface area contributed by atoms with Crippen molar-refractivity contribution in [1.82, 2.24) is 10.3 Å². The van der Waals surface area contributed by atoms with Gasteiger partial charge in [-0.1, -0.05) is 0 Å². The maximum absolute atomic E-state index is 9.46. The third-order valence-corrected chi connectivity index (χ3v) is 4.44. The summed E-state index contributed by atoms with van der Waals surface area (Å²) in [5, 5.41) is 12.9. The van der Waals surface area contributed by atoms with Crippen LogP contribution in [0.25, 0.3) is 0 Å². The fourth-order valence-corrected chi connectivity index (χ4v) is 3.22. The smallest absolute Gasteiger partial charge is 0.164 e. The average molecular weight is 340 g/mol. The summed E-state index contributed by atoms with van der Waals surface area (Å²) < 4.78 is 16.2. The first-order valence-electron chi connectivity index (χ1n) is 7.82. The van der Waals surface area contributed by atoms with E-state index in [0.29, 0.717) is 35.8 Å². The van der Waals surface area contributed by atoms with E-state index in [4.69, 9.17) is 19.9 Å². The Morgan fingerprint density at radius 1 is 1.20 bits per heavy atom. The Morgan fingerprint density at radius 3 is 2.52 bits per heavy atom. The predicted octanol–water partition coefficient (Wildman–Crippen LogP) is 1.95. The first-order valence-corrected chi connectivity index (χ1v) is 7.82. The zero-order valence-corrected chi connectivity index (χ0v) is 14.4. The molecule has 1 atom stereocenters. The number of hydrogen-bond acceptors (Lipinski definition) is 7. The Morgan fingerprint density at radius 2 is 1.88 bits per heavy atom. The number of nitrogen functional groups attached to an aromatic ring is 1.